The predicted octanol–water partition coefficient (Wildman–Crippen LogP) is 2.85. The Morgan fingerprint density at radius 3 is 2.11 bits per heavy atom. The highest BCUT2D eigenvalue weighted by atomic mass is 16.4. The summed E-state index contributed by atoms with van der Waals surface area (Å²) in [5.74, 6) is -0.733. The van der Waals surface area contributed by atoms with Crippen LogP contribution in [-0.2, 0) is 4.79 Å². The van der Waals surface area contributed by atoms with Crippen molar-refractivity contribution in [3.05, 3.63) is 0 Å². The van der Waals surface area contributed by atoms with Crippen molar-refractivity contribution >= 4 is 12.0 Å². The van der Waals surface area contributed by atoms with Gasteiger partial charge in [0.2, 0.25) is 0 Å². The summed E-state index contributed by atoms with van der Waals surface area (Å²) in [5.41, 5.74) is 0. The van der Waals surface area contributed by atoms with E-state index in [1.807, 2.05) is 4.90 Å². The fourth-order valence-corrected chi connectivity index (χ4v) is 1.92. The number of nitrogens with zero attached hydrogens (tertiary/aromatic N) is 1. The molecule has 0 saturated carbocycles. The molecule has 0 bridgehead atoms. The molecule has 0 fully saturated rings. The van der Waals surface area contributed by atoms with Gasteiger partial charge in [0.05, 0.1) is 0 Å². The van der Waals surface area contributed by atoms with E-state index in [4.69, 9.17) is 5.11 Å². The fourth-order valence-electron chi connectivity index (χ4n) is 1.92. The number of rotatable bonds is 11. The van der Waals surface area contributed by atoms with Crippen LogP contribution >= 0.6 is 0 Å². The molecule has 2 amide bonds. The molecular formula is C14H28N2O3. The number of urea groups is 1. The highest BCUT2D eigenvalue weighted by Gasteiger charge is 2.09. The average molecular weight is 272 g/mol. The Balaban J connectivity index is 3.57. The van der Waals surface area contributed by atoms with E-state index in [1.165, 1.54) is 0 Å². The van der Waals surface area contributed by atoms with Crippen LogP contribution in [0.5, 0.6) is 0 Å². The third-order valence-electron chi connectivity index (χ3n) is 2.87. The standard InChI is InChI=1S/C14H28N2O3/c1-3-11-16(12-4-2)14(19)15-10-8-6-5-7-9-13(17)18/h3-12H2,1-2H3,(H,15,19)(H,17,18). The minimum atomic E-state index is -0.733. The van der Waals surface area contributed by atoms with E-state index in [2.05, 4.69) is 19.2 Å². The van der Waals surface area contributed by atoms with Crippen LogP contribution in [0.4, 0.5) is 4.79 Å². The van der Waals surface area contributed by atoms with Crippen LogP contribution in [0.15, 0.2) is 0 Å². The van der Waals surface area contributed by atoms with Gasteiger partial charge in [-0.25, -0.2) is 4.79 Å². The minimum Gasteiger partial charge on any atom is -0.481 e. The number of unbranched alkanes of at least 4 members (excludes halogenated alkanes) is 3. The maximum Gasteiger partial charge on any atom is 0.317 e. The van der Waals surface area contributed by atoms with Crippen LogP contribution in [0.2, 0.25) is 0 Å². The maximum atomic E-state index is 11.8. The molecule has 0 aromatic carbocycles. The molecule has 0 heterocycles. The molecule has 0 aliphatic heterocycles. The van der Waals surface area contributed by atoms with Crippen molar-refractivity contribution in [3.8, 4) is 0 Å². The van der Waals surface area contributed by atoms with Crippen LogP contribution in [0.25, 0.3) is 0 Å². The van der Waals surface area contributed by atoms with Crippen molar-refractivity contribution in [3.63, 3.8) is 0 Å². The molecule has 0 radical (unpaired) electrons. The Morgan fingerprint density at radius 2 is 1.58 bits per heavy atom. The van der Waals surface area contributed by atoms with Crippen molar-refractivity contribution < 1.29 is 14.7 Å². The average Bonchev–Trinajstić information content (AvgIpc) is 2.36. The van der Waals surface area contributed by atoms with Gasteiger partial charge in [0.25, 0.3) is 0 Å². The quantitative estimate of drug-likeness (QED) is 0.568. The lowest BCUT2D eigenvalue weighted by molar-refractivity contribution is -0.137. The second-order valence-corrected chi connectivity index (χ2v) is 4.78. The van der Waals surface area contributed by atoms with Gasteiger partial charge in [0.1, 0.15) is 0 Å². The number of carboxylic acid groups (broad SMARTS) is 1. The number of carbonyl (C=O) groups excluding carboxylic acids is 1. The smallest absolute Gasteiger partial charge is 0.317 e. The van der Waals surface area contributed by atoms with Gasteiger partial charge < -0.3 is 15.3 Å². The van der Waals surface area contributed by atoms with Gasteiger partial charge in [0.15, 0.2) is 0 Å². The molecule has 0 saturated heterocycles. The molecule has 5 heteroatoms. The molecule has 0 spiro atoms. The Labute approximate surface area is 116 Å². The second-order valence-electron chi connectivity index (χ2n) is 4.78. The lowest BCUT2D eigenvalue weighted by atomic mass is 10.1. The summed E-state index contributed by atoms with van der Waals surface area (Å²) in [7, 11) is 0. The number of carboxylic acids is 1. The molecule has 112 valence electrons. The van der Waals surface area contributed by atoms with Crippen molar-refractivity contribution in [1.82, 2.24) is 10.2 Å². The molecule has 19 heavy (non-hydrogen) atoms. The topological polar surface area (TPSA) is 69.6 Å². The molecule has 0 atom stereocenters. The predicted molar refractivity (Wildman–Crippen MR) is 76.3 cm³/mol. The van der Waals surface area contributed by atoms with Gasteiger partial charge in [0, 0.05) is 26.1 Å². The summed E-state index contributed by atoms with van der Waals surface area (Å²) in [5, 5.41) is 11.4. The molecule has 0 aliphatic carbocycles. The lowest BCUT2D eigenvalue weighted by Crippen LogP contribution is -2.41. The van der Waals surface area contributed by atoms with E-state index in [1.54, 1.807) is 0 Å². The summed E-state index contributed by atoms with van der Waals surface area (Å²) in [6, 6.07) is 0.0224. The largest absolute Gasteiger partial charge is 0.481 e. The monoisotopic (exact) mass is 272 g/mol. The van der Waals surface area contributed by atoms with Gasteiger partial charge in [-0.15, -0.1) is 0 Å². The molecule has 0 aliphatic rings. The Hall–Kier alpha value is -1.26. The second kappa shape index (κ2) is 11.8. The molecule has 2 N–H and O–H groups in total. The highest BCUT2D eigenvalue weighted by molar-refractivity contribution is 5.74. The summed E-state index contributed by atoms with van der Waals surface area (Å²) in [6.07, 6.45) is 5.71. The summed E-state index contributed by atoms with van der Waals surface area (Å²) >= 11 is 0. The van der Waals surface area contributed by atoms with Crippen molar-refractivity contribution in [2.24, 2.45) is 0 Å². The minimum absolute atomic E-state index is 0.0224. The third kappa shape index (κ3) is 10.4. The van der Waals surface area contributed by atoms with E-state index in [0.717, 1.165) is 51.6 Å². The van der Waals surface area contributed by atoms with E-state index in [0.29, 0.717) is 6.54 Å². The van der Waals surface area contributed by atoms with Gasteiger partial charge in [-0.2, -0.15) is 0 Å². The lowest BCUT2D eigenvalue weighted by Gasteiger charge is -2.21. The van der Waals surface area contributed by atoms with E-state index in [-0.39, 0.29) is 12.5 Å². The summed E-state index contributed by atoms with van der Waals surface area (Å²) in [4.78, 5) is 24.0. The molecule has 0 unspecified atom stereocenters. The van der Waals surface area contributed by atoms with Crippen LogP contribution in [0.1, 0.15) is 58.8 Å². The number of aliphatic carboxylic acids is 1. The van der Waals surface area contributed by atoms with E-state index in [9.17, 15) is 9.59 Å². The molecular weight excluding hydrogens is 244 g/mol. The highest BCUT2D eigenvalue weighted by Crippen LogP contribution is 2.02. The van der Waals surface area contributed by atoms with Gasteiger partial charge >= 0.3 is 12.0 Å². The zero-order chi connectivity index (χ0) is 14.5. The van der Waals surface area contributed by atoms with E-state index >= 15 is 0 Å². The first-order chi connectivity index (χ1) is 9.11. The number of carbonyl (C=O) groups is 2. The molecule has 5 nitrogen and oxygen atoms in total. The van der Waals surface area contributed by atoms with Crippen molar-refractivity contribution in [1.29, 1.82) is 0 Å². The van der Waals surface area contributed by atoms with Crippen LogP contribution in [-0.4, -0.2) is 41.6 Å². The zero-order valence-electron chi connectivity index (χ0n) is 12.3. The summed E-state index contributed by atoms with van der Waals surface area (Å²) < 4.78 is 0. The Kier molecular flexibility index (Phi) is 11.0. The van der Waals surface area contributed by atoms with Crippen molar-refractivity contribution in [2.45, 2.75) is 58.8 Å². The first-order valence-corrected chi connectivity index (χ1v) is 7.36. The molecule has 0 rings (SSSR count). The third-order valence-corrected chi connectivity index (χ3v) is 2.87. The molecule has 0 aromatic heterocycles. The number of hydrogen-bond donors (Lipinski definition) is 2. The maximum absolute atomic E-state index is 11.8. The van der Waals surface area contributed by atoms with Gasteiger partial charge in [-0.3, -0.25) is 4.79 Å². The first-order valence-electron chi connectivity index (χ1n) is 7.36. The van der Waals surface area contributed by atoms with Crippen LogP contribution in [0, 0.1) is 0 Å². The number of amides is 2. The van der Waals surface area contributed by atoms with Crippen LogP contribution in [0.3, 0.4) is 0 Å². The Bertz CT molecular complexity index is 251. The Morgan fingerprint density at radius 1 is 1.00 bits per heavy atom. The summed E-state index contributed by atoms with van der Waals surface area (Å²) in [6.45, 7) is 6.42. The van der Waals surface area contributed by atoms with E-state index < -0.39 is 5.97 Å². The normalized spacial score (nSPS) is 10.2. The SMILES string of the molecule is CCCN(CCC)C(=O)NCCCCCCC(=O)O. The zero-order valence-corrected chi connectivity index (χ0v) is 12.3. The molecule has 0 aromatic rings. The number of hydrogen-bond acceptors (Lipinski definition) is 2. The van der Waals surface area contributed by atoms with Gasteiger partial charge in [-0.1, -0.05) is 26.7 Å². The first kappa shape index (κ1) is 17.7. The van der Waals surface area contributed by atoms with Gasteiger partial charge in [-0.05, 0) is 25.7 Å². The number of nitrogens with one attached hydrogen (secondary N) is 1. The van der Waals surface area contributed by atoms with Crippen LogP contribution < -0.4 is 5.32 Å². The fraction of sp³-hybridized carbons (Fsp3) is 0.857. The van der Waals surface area contributed by atoms with Crippen molar-refractivity contribution in [2.75, 3.05) is 19.6 Å².